The van der Waals surface area contributed by atoms with Gasteiger partial charge in [-0.25, -0.2) is 0 Å². The van der Waals surface area contributed by atoms with Gasteiger partial charge in [0.05, 0.1) is 0 Å². The van der Waals surface area contributed by atoms with E-state index in [0.717, 1.165) is 11.1 Å². The number of hydrogen-bond acceptors (Lipinski definition) is 2. The van der Waals surface area contributed by atoms with Gasteiger partial charge in [-0.2, -0.15) is 0 Å². The van der Waals surface area contributed by atoms with Crippen LogP contribution in [0.5, 0.6) is 0 Å². The van der Waals surface area contributed by atoms with Crippen LogP contribution in [-0.2, 0) is 0 Å². The van der Waals surface area contributed by atoms with E-state index in [1.165, 1.54) is 10.1 Å². The first-order valence-corrected chi connectivity index (χ1v) is 6.97. The normalized spacial score (nSPS) is 10.6. The highest BCUT2D eigenvalue weighted by Gasteiger charge is 2.13. The van der Waals surface area contributed by atoms with Gasteiger partial charge in [-0.05, 0) is 23.1 Å². The molecule has 0 saturated carbocycles. The van der Waals surface area contributed by atoms with Crippen molar-refractivity contribution >= 4 is 27.3 Å². The van der Waals surface area contributed by atoms with Crippen LogP contribution in [0.15, 0.2) is 53.9 Å². The number of carbonyl (C=O) groups is 1. The van der Waals surface area contributed by atoms with E-state index in [0.29, 0.717) is 5.56 Å². The number of hydrogen-bond donors (Lipinski definition) is 1. The Labute approximate surface area is 115 Å². The first-order chi connectivity index (χ1) is 9.31. The quantitative estimate of drug-likeness (QED) is 0.749. The molecule has 0 atom stereocenters. The SMILES string of the molecule is CNC(=O)c1ccccc1-c1csc2ccccc12. The molecule has 2 aromatic carbocycles. The van der Waals surface area contributed by atoms with Crippen LogP contribution in [0.4, 0.5) is 0 Å². The van der Waals surface area contributed by atoms with Gasteiger partial charge >= 0.3 is 0 Å². The first kappa shape index (κ1) is 11.9. The third kappa shape index (κ3) is 2.02. The van der Waals surface area contributed by atoms with Gasteiger partial charge in [-0.3, -0.25) is 4.79 Å². The smallest absolute Gasteiger partial charge is 0.251 e. The molecule has 3 heteroatoms. The Hall–Kier alpha value is -2.13. The van der Waals surface area contributed by atoms with Crippen molar-refractivity contribution < 1.29 is 4.79 Å². The zero-order valence-corrected chi connectivity index (χ0v) is 11.3. The maximum absolute atomic E-state index is 12.0. The van der Waals surface area contributed by atoms with Gasteiger partial charge in [0.2, 0.25) is 0 Å². The number of thiophene rings is 1. The van der Waals surface area contributed by atoms with E-state index in [2.05, 4.69) is 22.8 Å². The van der Waals surface area contributed by atoms with Crippen LogP contribution in [-0.4, -0.2) is 13.0 Å². The van der Waals surface area contributed by atoms with E-state index in [1.807, 2.05) is 36.4 Å². The van der Waals surface area contributed by atoms with Gasteiger partial charge in [0, 0.05) is 28.3 Å². The van der Waals surface area contributed by atoms with Crippen molar-refractivity contribution in [2.24, 2.45) is 0 Å². The van der Waals surface area contributed by atoms with Crippen LogP contribution in [0.2, 0.25) is 0 Å². The van der Waals surface area contributed by atoms with Crippen LogP contribution in [0, 0.1) is 0 Å². The topological polar surface area (TPSA) is 29.1 Å². The summed E-state index contributed by atoms with van der Waals surface area (Å²) in [6.45, 7) is 0. The molecule has 0 bridgehead atoms. The third-order valence-corrected chi connectivity index (χ3v) is 4.13. The number of benzene rings is 2. The number of rotatable bonds is 2. The number of carbonyl (C=O) groups excluding carboxylic acids is 1. The number of fused-ring (bicyclic) bond motifs is 1. The molecular weight excluding hydrogens is 254 g/mol. The third-order valence-electron chi connectivity index (χ3n) is 3.17. The Balaban J connectivity index is 2.25. The predicted molar refractivity (Wildman–Crippen MR) is 80.7 cm³/mol. The van der Waals surface area contributed by atoms with Crippen molar-refractivity contribution in [3.05, 3.63) is 59.5 Å². The summed E-state index contributed by atoms with van der Waals surface area (Å²) in [7, 11) is 1.66. The molecule has 0 aliphatic rings. The summed E-state index contributed by atoms with van der Waals surface area (Å²) in [5.74, 6) is -0.0501. The van der Waals surface area contributed by atoms with Gasteiger partial charge in [-0.1, -0.05) is 36.4 Å². The monoisotopic (exact) mass is 267 g/mol. The lowest BCUT2D eigenvalue weighted by Crippen LogP contribution is -2.18. The fraction of sp³-hybridized carbons (Fsp3) is 0.0625. The molecule has 3 aromatic rings. The Morgan fingerprint density at radius 1 is 1.00 bits per heavy atom. The molecule has 1 aromatic heterocycles. The van der Waals surface area contributed by atoms with E-state index >= 15 is 0 Å². The van der Waals surface area contributed by atoms with Crippen molar-refractivity contribution in [1.82, 2.24) is 5.32 Å². The van der Waals surface area contributed by atoms with Crippen molar-refractivity contribution in [2.45, 2.75) is 0 Å². The zero-order chi connectivity index (χ0) is 13.2. The average molecular weight is 267 g/mol. The summed E-state index contributed by atoms with van der Waals surface area (Å²) < 4.78 is 1.24. The van der Waals surface area contributed by atoms with Gasteiger partial charge in [0.1, 0.15) is 0 Å². The molecule has 2 nitrogen and oxygen atoms in total. The molecule has 0 aliphatic carbocycles. The standard InChI is InChI=1S/C16H13NOS/c1-17-16(18)13-8-3-2-6-11(13)14-10-19-15-9-5-4-7-12(14)15/h2-10H,1H3,(H,17,18). The molecule has 0 fully saturated rings. The summed E-state index contributed by atoms with van der Waals surface area (Å²) in [5.41, 5.74) is 2.83. The second-order valence-electron chi connectivity index (χ2n) is 4.27. The second kappa shape index (κ2) is 4.86. The lowest BCUT2D eigenvalue weighted by atomic mass is 9.99. The van der Waals surface area contributed by atoms with E-state index < -0.39 is 0 Å². The van der Waals surface area contributed by atoms with Crippen LogP contribution in [0.1, 0.15) is 10.4 Å². The van der Waals surface area contributed by atoms with Crippen molar-refractivity contribution in [3.63, 3.8) is 0 Å². The van der Waals surface area contributed by atoms with Gasteiger partial charge in [0.15, 0.2) is 0 Å². The van der Waals surface area contributed by atoms with Crippen molar-refractivity contribution in [1.29, 1.82) is 0 Å². The molecular formula is C16H13NOS. The largest absolute Gasteiger partial charge is 0.355 e. The van der Waals surface area contributed by atoms with E-state index in [-0.39, 0.29) is 5.91 Å². The molecule has 19 heavy (non-hydrogen) atoms. The summed E-state index contributed by atoms with van der Waals surface area (Å²) in [5, 5.41) is 6.01. The summed E-state index contributed by atoms with van der Waals surface area (Å²) >= 11 is 1.71. The fourth-order valence-corrected chi connectivity index (χ4v) is 3.20. The number of nitrogens with one attached hydrogen (secondary N) is 1. The Morgan fingerprint density at radius 2 is 1.74 bits per heavy atom. The molecule has 0 saturated heterocycles. The highest BCUT2D eigenvalue weighted by molar-refractivity contribution is 7.17. The van der Waals surface area contributed by atoms with E-state index in [9.17, 15) is 4.79 Å². The highest BCUT2D eigenvalue weighted by Crippen LogP contribution is 2.35. The van der Waals surface area contributed by atoms with Crippen LogP contribution >= 0.6 is 11.3 Å². The molecule has 94 valence electrons. The lowest BCUT2D eigenvalue weighted by molar-refractivity contribution is 0.0964. The molecule has 0 spiro atoms. The summed E-state index contributed by atoms with van der Waals surface area (Å²) in [4.78, 5) is 12.0. The highest BCUT2D eigenvalue weighted by atomic mass is 32.1. The summed E-state index contributed by atoms with van der Waals surface area (Å²) in [6.07, 6.45) is 0. The molecule has 3 rings (SSSR count). The molecule has 0 unspecified atom stereocenters. The molecule has 0 aliphatic heterocycles. The maximum Gasteiger partial charge on any atom is 0.251 e. The summed E-state index contributed by atoms with van der Waals surface area (Å²) in [6, 6.07) is 16.0. The second-order valence-corrected chi connectivity index (χ2v) is 5.18. The lowest BCUT2D eigenvalue weighted by Gasteiger charge is -2.07. The molecule has 1 amide bonds. The zero-order valence-electron chi connectivity index (χ0n) is 10.5. The minimum Gasteiger partial charge on any atom is -0.355 e. The first-order valence-electron chi connectivity index (χ1n) is 6.09. The van der Waals surface area contributed by atoms with E-state index in [1.54, 1.807) is 18.4 Å². The number of amides is 1. The van der Waals surface area contributed by atoms with Crippen LogP contribution < -0.4 is 5.32 Å². The minimum absolute atomic E-state index is 0.0501. The molecule has 1 heterocycles. The van der Waals surface area contributed by atoms with Gasteiger partial charge in [0.25, 0.3) is 5.91 Å². The average Bonchev–Trinajstić information content (AvgIpc) is 2.90. The Kier molecular flexibility index (Phi) is 3.05. The van der Waals surface area contributed by atoms with E-state index in [4.69, 9.17) is 0 Å². The molecule has 1 N–H and O–H groups in total. The van der Waals surface area contributed by atoms with Crippen LogP contribution in [0.25, 0.3) is 21.2 Å². The minimum atomic E-state index is -0.0501. The maximum atomic E-state index is 12.0. The van der Waals surface area contributed by atoms with Crippen molar-refractivity contribution in [3.8, 4) is 11.1 Å². The fourth-order valence-electron chi connectivity index (χ4n) is 2.24. The Bertz CT molecular complexity index is 745. The van der Waals surface area contributed by atoms with Crippen LogP contribution in [0.3, 0.4) is 0 Å². The van der Waals surface area contributed by atoms with Gasteiger partial charge < -0.3 is 5.32 Å². The Morgan fingerprint density at radius 3 is 2.58 bits per heavy atom. The molecule has 0 radical (unpaired) electrons. The predicted octanol–water partition coefficient (Wildman–Crippen LogP) is 3.93. The van der Waals surface area contributed by atoms with Gasteiger partial charge in [-0.15, -0.1) is 11.3 Å². The van der Waals surface area contributed by atoms with Crippen molar-refractivity contribution in [2.75, 3.05) is 7.05 Å².